The maximum atomic E-state index is 12.9. The number of anilines is 1. The molecular weight excluding hydrogens is 378 g/mol. The number of rotatable bonds is 5. The molecule has 150 valence electrons. The molecule has 2 aromatic rings. The molecule has 2 atom stereocenters. The van der Waals surface area contributed by atoms with E-state index in [9.17, 15) is 9.59 Å². The molecule has 2 heterocycles. The van der Waals surface area contributed by atoms with Crippen LogP contribution in [0.1, 0.15) is 40.2 Å². The normalized spacial score (nSPS) is 21.1. The van der Waals surface area contributed by atoms with Gasteiger partial charge in [-0.05, 0) is 43.0 Å². The molecule has 2 fully saturated rings. The Kier molecular flexibility index (Phi) is 6.05. The van der Waals surface area contributed by atoms with Crippen LogP contribution in [0.3, 0.4) is 0 Å². The van der Waals surface area contributed by atoms with Crippen molar-refractivity contribution < 1.29 is 9.59 Å². The molecule has 7 nitrogen and oxygen atoms in total. The van der Waals surface area contributed by atoms with Gasteiger partial charge in [0.25, 0.3) is 5.91 Å². The van der Waals surface area contributed by atoms with Crippen LogP contribution >= 0.6 is 12.4 Å². The van der Waals surface area contributed by atoms with E-state index in [4.69, 9.17) is 0 Å². The van der Waals surface area contributed by atoms with Gasteiger partial charge < -0.3 is 16.0 Å². The lowest BCUT2D eigenvalue weighted by atomic mass is 9.90. The molecule has 3 N–H and O–H groups in total. The highest BCUT2D eigenvalue weighted by Gasteiger charge is 2.35. The van der Waals surface area contributed by atoms with Crippen molar-refractivity contribution in [1.29, 1.82) is 0 Å². The van der Waals surface area contributed by atoms with Crippen molar-refractivity contribution in [3.05, 3.63) is 47.3 Å². The highest BCUT2D eigenvalue weighted by Crippen LogP contribution is 2.29. The summed E-state index contributed by atoms with van der Waals surface area (Å²) in [5.74, 6) is -0.182. The Morgan fingerprint density at radius 3 is 2.71 bits per heavy atom. The third-order valence-electron chi connectivity index (χ3n) is 5.37. The predicted molar refractivity (Wildman–Crippen MR) is 110 cm³/mol. The van der Waals surface area contributed by atoms with Gasteiger partial charge in [-0.2, -0.15) is 5.10 Å². The minimum atomic E-state index is -0.169. The highest BCUT2D eigenvalue weighted by molar-refractivity contribution is 5.98. The molecule has 2 aliphatic rings. The molecular formula is C20H26ClN5O2. The summed E-state index contributed by atoms with van der Waals surface area (Å²) in [5.41, 5.74) is 3.28. The molecule has 1 saturated heterocycles. The molecule has 1 aromatic carbocycles. The summed E-state index contributed by atoms with van der Waals surface area (Å²) in [7, 11) is 1.88. The Morgan fingerprint density at radius 2 is 2.04 bits per heavy atom. The van der Waals surface area contributed by atoms with E-state index in [1.54, 1.807) is 16.8 Å². The largest absolute Gasteiger partial charge is 0.349 e. The Balaban J connectivity index is 0.00000225. The van der Waals surface area contributed by atoms with Crippen LogP contribution in [0, 0.1) is 12.8 Å². The van der Waals surface area contributed by atoms with E-state index in [1.807, 2.05) is 32.4 Å². The van der Waals surface area contributed by atoms with Gasteiger partial charge in [0.1, 0.15) is 0 Å². The van der Waals surface area contributed by atoms with E-state index in [0.29, 0.717) is 23.8 Å². The first kappa shape index (κ1) is 20.4. The number of nitrogens with one attached hydrogen (secondary N) is 3. The topological polar surface area (TPSA) is 88.1 Å². The molecule has 2 amide bonds. The van der Waals surface area contributed by atoms with Gasteiger partial charge in [0, 0.05) is 49.5 Å². The lowest BCUT2D eigenvalue weighted by molar-refractivity contribution is -0.119. The van der Waals surface area contributed by atoms with Crippen molar-refractivity contribution in [2.24, 2.45) is 13.0 Å². The van der Waals surface area contributed by atoms with Gasteiger partial charge in [-0.15, -0.1) is 12.4 Å². The van der Waals surface area contributed by atoms with Crippen LogP contribution in [0.5, 0.6) is 0 Å². The van der Waals surface area contributed by atoms with Gasteiger partial charge in [0.05, 0.1) is 12.1 Å². The molecule has 8 heteroatoms. The number of aryl methyl sites for hydroxylation is 2. The summed E-state index contributed by atoms with van der Waals surface area (Å²) >= 11 is 0. The number of hydrogen-bond acceptors (Lipinski definition) is 4. The summed E-state index contributed by atoms with van der Waals surface area (Å²) < 4.78 is 1.76. The van der Waals surface area contributed by atoms with Crippen molar-refractivity contribution in [2.75, 3.05) is 18.4 Å². The van der Waals surface area contributed by atoms with Gasteiger partial charge >= 0.3 is 0 Å². The van der Waals surface area contributed by atoms with E-state index in [-0.39, 0.29) is 36.1 Å². The Bertz CT molecular complexity index is 877. The zero-order chi connectivity index (χ0) is 19.0. The van der Waals surface area contributed by atoms with Gasteiger partial charge in [0.15, 0.2) is 0 Å². The van der Waals surface area contributed by atoms with Crippen molar-refractivity contribution in [3.8, 4) is 0 Å². The van der Waals surface area contributed by atoms with E-state index in [1.165, 1.54) is 0 Å². The second-order valence-corrected chi connectivity index (χ2v) is 7.59. The first-order valence-electron chi connectivity index (χ1n) is 9.43. The van der Waals surface area contributed by atoms with E-state index < -0.39 is 0 Å². The minimum absolute atomic E-state index is 0. The molecule has 0 spiro atoms. The fraction of sp³-hybridized carbons (Fsp3) is 0.450. The molecule has 28 heavy (non-hydrogen) atoms. The number of carbonyl (C=O) groups excluding carboxylic acids is 2. The summed E-state index contributed by atoms with van der Waals surface area (Å²) in [5, 5.41) is 13.6. The molecule has 0 unspecified atom stereocenters. The van der Waals surface area contributed by atoms with Crippen molar-refractivity contribution in [2.45, 2.75) is 31.7 Å². The number of benzene rings is 1. The minimum Gasteiger partial charge on any atom is -0.349 e. The van der Waals surface area contributed by atoms with Crippen LogP contribution < -0.4 is 16.0 Å². The van der Waals surface area contributed by atoms with E-state index in [2.05, 4.69) is 21.0 Å². The summed E-state index contributed by atoms with van der Waals surface area (Å²) in [6, 6.07) is 5.76. The molecule has 0 radical (unpaired) electrons. The smallest absolute Gasteiger partial charge is 0.251 e. The van der Waals surface area contributed by atoms with E-state index >= 15 is 0 Å². The number of hydrogen-bond donors (Lipinski definition) is 3. The second kappa shape index (κ2) is 8.32. The Morgan fingerprint density at radius 1 is 1.25 bits per heavy atom. The quantitative estimate of drug-likeness (QED) is 0.712. The van der Waals surface area contributed by atoms with Crippen molar-refractivity contribution in [1.82, 2.24) is 20.4 Å². The maximum Gasteiger partial charge on any atom is 0.251 e. The summed E-state index contributed by atoms with van der Waals surface area (Å²) in [4.78, 5) is 25.2. The lowest BCUT2D eigenvalue weighted by Crippen LogP contribution is -2.29. The van der Waals surface area contributed by atoms with Crippen molar-refractivity contribution >= 4 is 29.9 Å². The number of carbonyl (C=O) groups is 2. The van der Waals surface area contributed by atoms with Gasteiger partial charge in [-0.25, -0.2) is 0 Å². The highest BCUT2D eigenvalue weighted by atomic mass is 35.5. The molecule has 1 saturated carbocycles. The monoisotopic (exact) mass is 403 g/mol. The standard InChI is InChI=1S/C20H25N5O2.ClH/c1-12-3-4-13(19(26)23-15-5-6-15)7-18(12)24-20(27)17-10-21-9-16(17)14-8-22-25(2)11-14;/h3-4,7-8,11,15-17,21H,5-6,9-10H2,1-2H3,(H,23,26)(H,24,27);1H/t16-,17+;/m1./s1. The SMILES string of the molecule is Cc1ccc(C(=O)NC2CC2)cc1NC(=O)[C@H]1CNC[C@@H]1c1cnn(C)c1.Cl. The number of aromatic nitrogens is 2. The Labute approximate surface area is 170 Å². The van der Waals surface area contributed by atoms with Gasteiger partial charge in [0.2, 0.25) is 5.91 Å². The predicted octanol–water partition coefficient (Wildman–Crippen LogP) is 1.98. The third kappa shape index (κ3) is 4.36. The summed E-state index contributed by atoms with van der Waals surface area (Å²) in [6.07, 6.45) is 5.88. The van der Waals surface area contributed by atoms with E-state index in [0.717, 1.165) is 30.5 Å². The molecule has 1 aromatic heterocycles. The number of halogens is 1. The van der Waals surface area contributed by atoms with Crippen LogP contribution in [0.25, 0.3) is 0 Å². The summed E-state index contributed by atoms with van der Waals surface area (Å²) in [6.45, 7) is 3.32. The van der Waals surface area contributed by atoms with Crippen molar-refractivity contribution in [3.63, 3.8) is 0 Å². The zero-order valence-corrected chi connectivity index (χ0v) is 16.9. The van der Waals surface area contributed by atoms with Crippen LogP contribution in [-0.4, -0.2) is 40.7 Å². The van der Waals surface area contributed by atoms with Gasteiger partial charge in [-0.1, -0.05) is 6.07 Å². The molecule has 1 aliphatic heterocycles. The molecule has 4 rings (SSSR count). The zero-order valence-electron chi connectivity index (χ0n) is 16.1. The van der Waals surface area contributed by atoms with Crippen LogP contribution in [0.15, 0.2) is 30.6 Å². The maximum absolute atomic E-state index is 12.9. The average Bonchev–Trinajstić information content (AvgIpc) is 3.14. The second-order valence-electron chi connectivity index (χ2n) is 7.59. The number of nitrogens with zero attached hydrogens (tertiary/aromatic N) is 2. The van der Waals surface area contributed by atoms with Crippen LogP contribution in [-0.2, 0) is 11.8 Å². The Hall–Kier alpha value is -2.38. The van der Waals surface area contributed by atoms with Gasteiger partial charge in [-0.3, -0.25) is 14.3 Å². The number of amides is 2. The fourth-order valence-corrected chi connectivity index (χ4v) is 3.56. The fourth-order valence-electron chi connectivity index (χ4n) is 3.56. The van der Waals surface area contributed by atoms with Crippen LogP contribution in [0.4, 0.5) is 5.69 Å². The first-order chi connectivity index (χ1) is 13.0. The lowest BCUT2D eigenvalue weighted by Gasteiger charge is -2.18. The van der Waals surface area contributed by atoms with Crippen LogP contribution in [0.2, 0.25) is 0 Å². The molecule has 0 bridgehead atoms. The first-order valence-corrected chi connectivity index (χ1v) is 9.43. The third-order valence-corrected chi connectivity index (χ3v) is 5.37. The average molecular weight is 404 g/mol. The molecule has 1 aliphatic carbocycles.